The number of hydrogen-bond donors (Lipinski definition) is 1. The molecule has 0 radical (unpaired) electrons. The highest BCUT2D eigenvalue weighted by atomic mass is 32.2. The van der Waals surface area contributed by atoms with Crippen LogP contribution in [0.5, 0.6) is 0 Å². The number of nitrogens with zero attached hydrogens (tertiary/aromatic N) is 2. The van der Waals surface area contributed by atoms with Crippen molar-refractivity contribution in [2.24, 2.45) is 0 Å². The van der Waals surface area contributed by atoms with Crippen molar-refractivity contribution >= 4 is 17.7 Å². The van der Waals surface area contributed by atoms with Gasteiger partial charge < -0.3 is 4.74 Å². The number of thioether (sulfide) groups is 1. The van der Waals surface area contributed by atoms with Crippen molar-refractivity contribution in [3.05, 3.63) is 5.82 Å². The highest BCUT2D eigenvalue weighted by molar-refractivity contribution is 7.99. The highest BCUT2D eigenvalue weighted by Crippen LogP contribution is 2.17. The van der Waals surface area contributed by atoms with Crippen LogP contribution in [0, 0.1) is 0 Å². The average Bonchev–Trinajstić information content (AvgIpc) is 2.72. The predicted octanol–water partition coefficient (Wildman–Crippen LogP) is 1.97. The molecule has 1 heterocycles. The van der Waals surface area contributed by atoms with Gasteiger partial charge in [-0.3, -0.25) is 9.89 Å². The number of nitrogens with one attached hydrogen (secondary N) is 1. The van der Waals surface area contributed by atoms with Gasteiger partial charge in [-0.25, -0.2) is 4.98 Å². The fraction of sp³-hybridized carbons (Fsp3) is 0.700. The number of carbonyl (C=O) groups is 1. The summed E-state index contributed by atoms with van der Waals surface area (Å²) in [6.45, 7) is 4.12. The zero-order valence-electron chi connectivity index (χ0n) is 9.82. The fourth-order valence-corrected chi connectivity index (χ4v) is 1.81. The van der Waals surface area contributed by atoms with Crippen molar-refractivity contribution in [2.75, 3.05) is 12.9 Å². The molecule has 0 aliphatic rings. The van der Waals surface area contributed by atoms with Crippen LogP contribution in [0.2, 0.25) is 0 Å². The van der Waals surface area contributed by atoms with Crippen LogP contribution in [0.15, 0.2) is 5.16 Å². The molecule has 0 aliphatic carbocycles. The second kappa shape index (κ2) is 6.52. The van der Waals surface area contributed by atoms with Gasteiger partial charge in [0, 0.05) is 18.1 Å². The molecule has 0 atom stereocenters. The monoisotopic (exact) mass is 243 g/mol. The van der Waals surface area contributed by atoms with Crippen LogP contribution in [0.3, 0.4) is 0 Å². The van der Waals surface area contributed by atoms with Gasteiger partial charge in [-0.15, -0.1) is 5.10 Å². The van der Waals surface area contributed by atoms with Crippen molar-refractivity contribution in [3.63, 3.8) is 0 Å². The van der Waals surface area contributed by atoms with Crippen LogP contribution in [0.25, 0.3) is 0 Å². The molecule has 90 valence electrons. The minimum Gasteiger partial charge on any atom is -0.469 e. The van der Waals surface area contributed by atoms with E-state index in [9.17, 15) is 4.79 Å². The van der Waals surface area contributed by atoms with Crippen molar-refractivity contribution in [1.29, 1.82) is 0 Å². The lowest BCUT2D eigenvalue weighted by atomic mass is 10.2. The Bertz CT molecular complexity index is 339. The second-order valence-electron chi connectivity index (χ2n) is 3.69. The van der Waals surface area contributed by atoms with E-state index in [4.69, 9.17) is 0 Å². The summed E-state index contributed by atoms with van der Waals surface area (Å²) in [5.74, 6) is 1.91. The van der Waals surface area contributed by atoms with E-state index in [0.717, 1.165) is 23.2 Å². The molecule has 0 saturated heterocycles. The zero-order valence-corrected chi connectivity index (χ0v) is 10.6. The number of H-pyrrole nitrogens is 1. The van der Waals surface area contributed by atoms with Gasteiger partial charge in [0.05, 0.1) is 7.11 Å². The molecule has 0 aliphatic heterocycles. The summed E-state index contributed by atoms with van der Waals surface area (Å²) in [6, 6.07) is 0. The molecule has 16 heavy (non-hydrogen) atoms. The number of esters is 1. The Balaban J connectivity index is 2.24. The summed E-state index contributed by atoms with van der Waals surface area (Å²) in [6.07, 6.45) is 1.23. The first-order chi connectivity index (χ1) is 7.63. The molecule has 1 aromatic heterocycles. The number of ether oxygens (including phenoxy) is 1. The highest BCUT2D eigenvalue weighted by Gasteiger charge is 2.07. The largest absolute Gasteiger partial charge is 0.469 e. The third kappa shape index (κ3) is 4.22. The van der Waals surface area contributed by atoms with Crippen molar-refractivity contribution in [2.45, 2.75) is 37.8 Å². The van der Waals surface area contributed by atoms with Crippen LogP contribution in [-0.4, -0.2) is 34.0 Å². The number of aromatic amines is 1. The van der Waals surface area contributed by atoms with Crippen LogP contribution in [0.4, 0.5) is 0 Å². The van der Waals surface area contributed by atoms with E-state index < -0.39 is 0 Å². The van der Waals surface area contributed by atoms with Gasteiger partial charge in [-0.05, 0) is 6.42 Å². The van der Waals surface area contributed by atoms with Crippen molar-refractivity contribution in [3.8, 4) is 0 Å². The molecule has 0 spiro atoms. The molecule has 1 N–H and O–H groups in total. The first-order valence-corrected chi connectivity index (χ1v) is 6.24. The predicted molar refractivity (Wildman–Crippen MR) is 62.4 cm³/mol. The molecular weight excluding hydrogens is 226 g/mol. The Morgan fingerprint density at radius 1 is 1.56 bits per heavy atom. The number of methoxy groups -OCH3 is 1. The van der Waals surface area contributed by atoms with Crippen LogP contribution in [-0.2, 0) is 9.53 Å². The standard InChI is InChI=1S/C10H17N3O2S/c1-7(2)9-11-10(13-12-9)16-6-4-5-8(14)15-3/h7H,4-6H2,1-3H3,(H,11,12,13). The SMILES string of the molecule is COC(=O)CCCSc1n[nH]c(C(C)C)n1. The Kier molecular flexibility index (Phi) is 5.31. The van der Waals surface area contributed by atoms with E-state index in [1.54, 1.807) is 11.8 Å². The summed E-state index contributed by atoms with van der Waals surface area (Å²) in [5.41, 5.74) is 0. The van der Waals surface area contributed by atoms with Crippen LogP contribution < -0.4 is 0 Å². The number of carbonyl (C=O) groups excluding carboxylic acids is 1. The lowest BCUT2D eigenvalue weighted by Gasteiger charge is -1.97. The molecular formula is C10H17N3O2S. The fourth-order valence-electron chi connectivity index (χ4n) is 1.06. The topological polar surface area (TPSA) is 67.9 Å². The summed E-state index contributed by atoms with van der Waals surface area (Å²) in [4.78, 5) is 15.2. The van der Waals surface area contributed by atoms with Crippen LogP contribution in [0.1, 0.15) is 38.4 Å². The molecule has 0 aromatic carbocycles. The first-order valence-electron chi connectivity index (χ1n) is 5.25. The van der Waals surface area contributed by atoms with E-state index in [2.05, 4.69) is 33.8 Å². The maximum absolute atomic E-state index is 10.8. The molecule has 0 fully saturated rings. The van der Waals surface area contributed by atoms with E-state index in [-0.39, 0.29) is 5.97 Å². The molecule has 1 aromatic rings. The molecule has 0 bridgehead atoms. The van der Waals surface area contributed by atoms with Crippen LogP contribution >= 0.6 is 11.8 Å². The minimum atomic E-state index is -0.168. The van der Waals surface area contributed by atoms with Gasteiger partial charge in [0.1, 0.15) is 5.82 Å². The van der Waals surface area contributed by atoms with Gasteiger partial charge >= 0.3 is 5.97 Å². The van der Waals surface area contributed by atoms with Gasteiger partial charge in [0.2, 0.25) is 5.16 Å². The third-order valence-electron chi connectivity index (χ3n) is 2.01. The Morgan fingerprint density at radius 3 is 2.88 bits per heavy atom. The maximum atomic E-state index is 10.8. The van der Waals surface area contributed by atoms with E-state index in [0.29, 0.717) is 12.3 Å². The van der Waals surface area contributed by atoms with Crippen molar-refractivity contribution in [1.82, 2.24) is 15.2 Å². The molecule has 0 saturated carbocycles. The van der Waals surface area contributed by atoms with Gasteiger partial charge in [-0.2, -0.15) is 0 Å². The van der Waals surface area contributed by atoms with Gasteiger partial charge in [-0.1, -0.05) is 25.6 Å². The Morgan fingerprint density at radius 2 is 2.31 bits per heavy atom. The molecule has 1 rings (SSSR count). The number of rotatable bonds is 6. The van der Waals surface area contributed by atoms with E-state index in [1.807, 2.05) is 0 Å². The third-order valence-corrected chi connectivity index (χ3v) is 2.95. The first kappa shape index (κ1) is 13.0. The molecule has 0 amide bonds. The normalized spacial score (nSPS) is 10.8. The average molecular weight is 243 g/mol. The Hall–Kier alpha value is -1.04. The lowest BCUT2D eigenvalue weighted by Crippen LogP contribution is -2.00. The summed E-state index contributed by atoms with van der Waals surface area (Å²) < 4.78 is 4.55. The minimum absolute atomic E-state index is 0.168. The summed E-state index contributed by atoms with van der Waals surface area (Å²) in [7, 11) is 1.40. The quantitative estimate of drug-likeness (QED) is 0.470. The zero-order chi connectivity index (χ0) is 12.0. The lowest BCUT2D eigenvalue weighted by molar-refractivity contribution is -0.140. The summed E-state index contributed by atoms with van der Waals surface area (Å²) in [5, 5.41) is 7.72. The van der Waals surface area contributed by atoms with Gasteiger partial charge in [0.25, 0.3) is 0 Å². The van der Waals surface area contributed by atoms with Gasteiger partial charge in [0.15, 0.2) is 0 Å². The van der Waals surface area contributed by atoms with E-state index >= 15 is 0 Å². The second-order valence-corrected chi connectivity index (χ2v) is 4.75. The van der Waals surface area contributed by atoms with E-state index in [1.165, 1.54) is 7.11 Å². The smallest absolute Gasteiger partial charge is 0.305 e. The maximum Gasteiger partial charge on any atom is 0.305 e. The number of hydrogen-bond acceptors (Lipinski definition) is 5. The molecule has 5 nitrogen and oxygen atoms in total. The molecule has 0 unspecified atom stereocenters. The Labute approximate surface area is 99.4 Å². The summed E-state index contributed by atoms with van der Waals surface area (Å²) >= 11 is 1.55. The number of aromatic nitrogens is 3. The molecule has 6 heteroatoms. The van der Waals surface area contributed by atoms with Crippen molar-refractivity contribution < 1.29 is 9.53 Å².